The first-order valence-electron chi connectivity index (χ1n) is 25.8. The standard InChI is InChI=1S/C70H40N4OS/c1-2-16-41(17-3-1)67-71-68(73-69(72-67)52-24-14-28-58-65(52)51-22-6-11-27-57(51)70(58)55-25-9-4-18-46(55)47-19-5-10-26-56(47)70)43-32-35-50-53-38-42(33-36-61(53)75-62(50)39-43)45-23-15-31-64-66(45)54-40-44(34-37-63(54)76-64)74-59-29-12-7-20-48(59)49-21-8-13-30-60(49)74/h1-40H. The van der Waals surface area contributed by atoms with E-state index in [1.807, 2.05) is 29.5 Å². The van der Waals surface area contributed by atoms with Crippen molar-refractivity contribution in [1.29, 1.82) is 0 Å². The maximum Gasteiger partial charge on any atom is 0.164 e. The first kappa shape index (κ1) is 41.7. The number of aromatic nitrogens is 4. The van der Waals surface area contributed by atoms with Crippen LogP contribution < -0.4 is 0 Å². The molecule has 352 valence electrons. The van der Waals surface area contributed by atoms with E-state index in [9.17, 15) is 0 Å². The summed E-state index contributed by atoms with van der Waals surface area (Å²) in [5.41, 5.74) is 19.8. The van der Waals surface area contributed by atoms with Crippen LogP contribution >= 0.6 is 11.3 Å². The van der Waals surface area contributed by atoms with Gasteiger partial charge in [-0.15, -0.1) is 11.3 Å². The van der Waals surface area contributed by atoms with Crippen LogP contribution in [0.3, 0.4) is 0 Å². The molecule has 4 heterocycles. The van der Waals surface area contributed by atoms with Gasteiger partial charge >= 0.3 is 0 Å². The zero-order valence-corrected chi connectivity index (χ0v) is 41.5. The minimum Gasteiger partial charge on any atom is -0.456 e. The van der Waals surface area contributed by atoms with E-state index in [0.717, 1.165) is 55.4 Å². The van der Waals surface area contributed by atoms with Gasteiger partial charge in [0, 0.05) is 64.1 Å². The molecule has 4 aromatic heterocycles. The van der Waals surface area contributed by atoms with Crippen LogP contribution in [0.15, 0.2) is 247 Å². The van der Waals surface area contributed by atoms with Crippen LogP contribution in [0.5, 0.6) is 0 Å². The SMILES string of the molecule is c1ccc(-c2nc(-c3ccc4c(c3)oc3ccc(-c5cccc6sc7ccc(-n8c9ccccc9c9ccccc98)cc7c56)cc34)nc(-c3cccc4c3-c3ccccc3C43c4ccccc4-c4ccccc43)n2)cc1. The molecule has 0 saturated carbocycles. The van der Waals surface area contributed by atoms with E-state index >= 15 is 0 Å². The predicted molar refractivity (Wildman–Crippen MR) is 312 cm³/mol. The van der Waals surface area contributed by atoms with E-state index in [0.29, 0.717) is 17.5 Å². The Kier molecular flexibility index (Phi) is 8.58. The van der Waals surface area contributed by atoms with Crippen LogP contribution in [-0.2, 0) is 5.41 Å². The van der Waals surface area contributed by atoms with Crippen molar-refractivity contribution in [3.63, 3.8) is 0 Å². The van der Waals surface area contributed by atoms with Crippen molar-refractivity contribution in [2.24, 2.45) is 0 Å². The summed E-state index contributed by atoms with van der Waals surface area (Å²) >= 11 is 1.85. The van der Waals surface area contributed by atoms with Crippen molar-refractivity contribution in [1.82, 2.24) is 19.5 Å². The van der Waals surface area contributed by atoms with Gasteiger partial charge in [0.2, 0.25) is 0 Å². The third-order valence-electron chi connectivity index (χ3n) is 16.3. The lowest BCUT2D eigenvalue weighted by molar-refractivity contribution is 0.669. The fraction of sp³-hybridized carbons (Fsp3) is 0.0143. The highest BCUT2D eigenvalue weighted by Crippen LogP contribution is 2.64. The van der Waals surface area contributed by atoms with Gasteiger partial charge in [-0.25, -0.2) is 15.0 Å². The molecule has 15 aromatic rings. The Morgan fingerprint density at radius 2 is 0.934 bits per heavy atom. The molecule has 0 saturated heterocycles. The maximum absolute atomic E-state index is 6.74. The molecule has 5 nitrogen and oxygen atoms in total. The number of benzene rings is 11. The van der Waals surface area contributed by atoms with Gasteiger partial charge in [0.05, 0.1) is 16.4 Å². The van der Waals surface area contributed by atoms with Crippen molar-refractivity contribution in [3.8, 4) is 73.2 Å². The monoisotopic (exact) mass is 984 g/mol. The predicted octanol–water partition coefficient (Wildman–Crippen LogP) is 18.2. The maximum atomic E-state index is 6.74. The summed E-state index contributed by atoms with van der Waals surface area (Å²) in [4.78, 5) is 15.9. The summed E-state index contributed by atoms with van der Waals surface area (Å²) in [7, 11) is 0. The summed E-state index contributed by atoms with van der Waals surface area (Å²) < 4.78 is 11.7. The lowest BCUT2D eigenvalue weighted by atomic mass is 9.70. The summed E-state index contributed by atoms with van der Waals surface area (Å²) in [6.07, 6.45) is 0. The number of nitrogens with zero attached hydrogens (tertiary/aromatic N) is 4. The third kappa shape index (κ3) is 5.71. The molecule has 0 radical (unpaired) electrons. The van der Waals surface area contributed by atoms with Crippen molar-refractivity contribution >= 4 is 75.3 Å². The van der Waals surface area contributed by atoms with Crippen LogP contribution in [0, 0.1) is 0 Å². The second kappa shape index (κ2) is 15.6. The number of hydrogen-bond acceptors (Lipinski definition) is 5. The van der Waals surface area contributed by atoms with E-state index in [1.165, 1.54) is 86.5 Å². The zero-order chi connectivity index (χ0) is 49.6. The van der Waals surface area contributed by atoms with E-state index in [4.69, 9.17) is 19.4 Å². The Labute approximate surface area is 440 Å². The van der Waals surface area contributed by atoms with Gasteiger partial charge < -0.3 is 8.98 Å². The van der Waals surface area contributed by atoms with Gasteiger partial charge in [0.15, 0.2) is 17.5 Å². The number of para-hydroxylation sites is 2. The van der Waals surface area contributed by atoms with Gasteiger partial charge in [-0.1, -0.05) is 182 Å². The zero-order valence-electron chi connectivity index (χ0n) is 40.7. The quantitative estimate of drug-likeness (QED) is 0.172. The molecule has 11 aromatic carbocycles. The molecule has 0 unspecified atom stereocenters. The lowest BCUT2D eigenvalue weighted by Crippen LogP contribution is -2.25. The number of hydrogen-bond donors (Lipinski definition) is 0. The first-order chi connectivity index (χ1) is 37.7. The molecule has 0 N–H and O–H groups in total. The molecule has 17 rings (SSSR count). The van der Waals surface area contributed by atoms with Crippen molar-refractivity contribution in [3.05, 3.63) is 265 Å². The highest BCUT2D eigenvalue weighted by atomic mass is 32.1. The van der Waals surface area contributed by atoms with E-state index in [1.54, 1.807) is 0 Å². The highest BCUT2D eigenvalue weighted by Gasteiger charge is 2.52. The Morgan fingerprint density at radius 1 is 0.342 bits per heavy atom. The number of thiophene rings is 1. The van der Waals surface area contributed by atoms with Crippen molar-refractivity contribution < 1.29 is 4.42 Å². The number of rotatable bonds is 5. The molecule has 0 aliphatic heterocycles. The molecular formula is C70H40N4OS. The molecule has 0 atom stereocenters. The molecule has 6 heteroatoms. The molecule has 0 bridgehead atoms. The van der Waals surface area contributed by atoms with Gasteiger partial charge in [0.1, 0.15) is 11.2 Å². The second-order valence-electron chi connectivity index (χ2n) is 20.1. The van der Waals surface area contributed by atoms with Gasteiger partial charge in [-0.2, -0.15) is 0 Å². The second-order valence-corrected chi connectivity index (χ2v) is 21.2. The molecule has 0 amide bonds. The van der Waals surface area contributed by atoms with Gasteiger partial charge in [-0.05, 0) is 116 Å². The van der Waals surface area contributed by atoms with Gasteiger partial charge in [0.25, 0.3) is 0 Å². The molecule has 2 aliphatic carbocycles. The normalized spacial score (nSPS) is 13.1. The van der Waals surface area contributed by atoms with E-state index in [2.05, 4.69) is 229 Å². The molecule has 2 aliphatic rings. The van der Waals surface area contributed by atoms with Crippen molar-refractivity contribution in [2.75, 3.05) is 0 Å². The average molecular weight is 985 g/mol. The summed E-state index contributed by atoms with van der Waals surface area (Å²) in [6, 6.07) is 87.7. The van der Waals surface area contributed by atoms with E-state index in [-0.39, 0.29) is 0 Å². The third-order valence-corrected chi connectivity index (χ3v) is 17.4. The van der Waals surface area contributed by atoms with Crippen LogP contribution in [0.25, 0.3) is 137 Å². The average Bonchev–Trinajstić information content (AvgIpc) is 4.47. The number of furan rings is 1. The first-order valence-corrected chi connectivity index (χ1v) is 26.6. The fourth-order valence-electron chi connectivity index (χ4n) is 13.2. The summed E-state index contributed by atoms with van der Waals surface area (Å²) in [6.45, 7) is 0. The largest absolute Gasteiger partial charge is 0.456 e. The Bertz CT molecular complexity index is 4870. The minimum atomic E-state index is -0.485. The molecule has 1 spiro atoms. The summed E-state index contributed by atoms with van der Waals surface area (Å²) in [5, 5.41) is 7.13. The van der Waals surface area contributed by atoms with Crippen LogP contribution in [0.2, 0.25) is 0 Å². The smallest absolute Gasteiger partial charge is 0.164 e. The Hall–Kier alpha value is -9.75. The van der Waals surface area contributed by atoms with Crippen LogP contribution in [0.1, 0.15) is 22.3 Å². The lowest BCUT2D eigenvalue weighted by Gasteiger charge is -2.30. The fourth-order valence-corrected chi connectivity index (χ4v) is 14.3. The van der Waals surface area contributed by atoms with Crippen LogP contribution in [0.4, 0.5) is 0 Å². The molecule has 76 heavy (non-hydrogen) atoms. The minimum absolute atomic E-state index is 0.485. The Balaban J connectivity index is 0.805. The Morgan fingerprint density at radius 3 is 1.70 bits per heavy atom. The summed E-state index contributed by atoms with van der Waals surface area (Å²) in [5.74, 6) is 1.82. The van der Waals surface area contributed by atoms with Gasteiger partial charge in [-0.3, -0.25) is 0 Å². The van der Waals surface area contributed by atoms with E-state index < -0.39 is 5.41 Å². The molecule has 0 fully saturated rings. The topological polar surface area (TPSA) is 56.7 Å². The highest BCUT2D eigenvalue weighted by molar-refractivity contribution is 7.26. The molecular weight excluding hydrogens is 945 g/mol. The van der Waals surface area contributed by atoms with Crippen molar-refractivity contribution in [2.45, 2.75) is 5.41 Å². The van der Waals surface area contributed by atoms with Crippen LogP contribution in [-0.4, -0.2) is 19.5 Å². The number of fused-ring (bicyclic) bond motifs is 19.